The van der Waals surface area contributed by atoms with E-state index in [2.05, 4.69) is 39.9 Å². The van der Waals surface area contributed by atoms with Gasteiger partial charge in [0.2, 0.25) is 5.91 Å². The first-order valence-electron chi connectivity index (χ1n) is 9.76. The maximum atomic E-state index is 12.7. The Kier molecular flexibility index (Phi) is 8.46. The zero-order chi connectivity index (χ0) is 18.7. The van der Waals surface area contributed by atoms with E-state index in [0.29, 0.717) is 12.8 Å². The molecule has 0 radical (unpaired) electrons. The maximum Gasteiger partial charge on any atom is 0.220 e. The Balaban J connectivity index is 0.00000150. The van der Waals surface area contributed by atoms with Gasteiger partial charge in [0.25, 0.3) is 0 Å². The quantitative estimate of drug-likeness (QED) is 0.752. The predicted octanol–water partition coefficient (Wildman–Crippen LogP) is 3.37. The molecule has 1 spiro atoms. The summed E-state index contributed by atoms with van der Waals surface area (Å²) in [5.74, 6) is 0.0618. The number of pyridine rings is 1. The van der Waals surface area contributed by atoms with E-state index >= 15 is 0 Å². The molecule has 2 aliphatic rings. The number of hydrogen-bond acceptors (Lipinski definition) is 4. The van der Waals surface area contributed by atoms with Crippen LogP contribution in [-0.2, 0) is 21.4 Å². The Bertz CT molecular complexity index is 798. The summed E-state index contributed by atoms with van der Waals surface area (Å²) >= 11 is 0. The van der Waals surface area contributed by atoms with Gasteiger partial charge in [0, 0.05) is 31.3 Å². The average Bonchev–Trinajstić information content (AvgIpc) is 2.96. The van der Waals surface area contributed by atoms with Crippen molar-refractivity contribution in [2.75, 3.05) is 20.2 Å². The van der Waals surface area contributed by atoms with Gasteiger partial charge in [0.1, 0.15) is 0 Å². The van der Waals surface area contributed by atoms with Crippen molar-refractivity contribution in [2.24, 2.45) is 0 Å². The molecule has 1 amide bonds. The molecule has 1 saturated heterocycles. The number of benzene rings is 1. The molecule has 1 aromatic carbocycles. The predicted molar refractivity (Wildman–Crippen MR) is 119 cm³/mol. The number of ether oxygens (including phenoxy) is 1. The van der Waals surface area contributed by atoms with Gasteiger partial charge in [-0.1, -0.05) is 30.3 Å². The van der Waals surface area contributed by atoms with Crippen molar-refractivity contribution in [1.29, 1.82) is 0 Å². The molecule has 1 fully saturated rings. The molecule has 2 atom stereocenters. The van der Waals surface area contributed by atoms with Crippen LogP contribution in [0.2, 0.25) is 0 Å². The van der Waals surface area contributed by atoms with Crippen molar-refractivity contribution in [3.63, 3.8) is 0 Å². The normalized spacial score (nSPS) is 21.6. The highest BCUT2D eigenvalue weighted by Crippen LogP contribution is 2.51. The third kappa shape index (κ3) is 4.58. The summed E-state index contributed by atoms with van der Waals surface area (Å²) in [5.41, 5.74) is 3.62. The first-order chi connectivity index (χ1) is 13.2. The highest BCUT2D eigenvalue weighted by molar-refractivity contribution is 5.85. The van der Waals surface area contributed by atoms with Gasteiger partial charge in [-0.2, -0.15) is 0 Å². The Morgan fingerprint density at radius 1 is 1.21 bits per heavy atom. The molecule has 4 rings (SSSR count). The van der Waals surface area contributed by atoms with Crippen LogP contribution in [-0.4, -0.2) is 37.2 Å². The number of halogens is 2. The van der Waals surface area contributed by atoms with Crippen molar-refractivity contribution < 1.29 is 9.53 Å². The van der Waals surface area contributed by atoms with Gasteiger partial charge in [0.05, 0.1) is 12.1 Å². The topological polar surface area (TPSA) is 63.2 Å². The molecular weight excluding hydrogens is 409 g/mol. The van der Waals surface area contributed by atoms with Gasteiger partial charge in [0.15, 0.2) is 0 Å². The Labute approximate surface area is 184 Å². The molecule has 0 saturated carbocycles. The summed E-state index contributed by atoms with van der Waals surface area (Å²) in [6.45, 7) is 1.96. The lowest BCUT2D eigenvalue weighted by Gasteiger charge is -2.40. The number of piperidine rings is 1. The summed E-state index contributed by atoms with van der Waals surface area (Å²) in [5, 5.41) is 6.73. The Hall–Kier alpha value is -1.66. The van der Waals surface area contributed by atoms with Crippen molar-refractivity contribution in [3.8, 4) is 0 Å². The number of nitrogens with one attached hydrogen (secondary N) is 2. The van der Waals surface area contributed by atoms with Gasteiger partial charge < -0.3 is 15.4 Å². The number of amides is 1. The first-order valence-corrected chi connectivity index (χ1v) is 9.76. The molecule has 5 nitrogen and oxygen atoms in total. The van der Waals surface area contributed by atoms with E-state index in [9.17, 15) is 4.79 Å². The van der Waals surface area contributed by atoms with E-state index in [-0.39, 0.29) is 48.3 Å². The summed E-state index contributed by atoms with van der Waals surface area (Å²) in [4.78, 5) is 16.8. The largest absolute Gasteiger partial charge is 0.378 e. The third-order valence-corrected chi connectivity index (χ3v) is 6.11. The molecule has 0 bridgehead atoms. The molecule has 7 heteroatoms. The average molecular weight is 438 g/mol. The molecule has 158 valence electrons. The lowest BCUT2D eigenvalue weighted by molar-refractivity contribution is -0.123. The SMILES string of the molecule is CO[C@H]1[C@H](NC(=O)CCc2cccnc2)c2ccccc2C12CCNCC2.Cl.Cl. The Morgan fingerprint density at radius 2 is 1.97 bits per heavy atom. The minimum Gasteiger partial charge on any atom is -0.378 e. The molecule has 2 N–H and O–H groups in total. The lowest BCUT2D eigenvalue weighted by Crippen LogP contribution is -2.49. The molecule has 0 unspecified atom stereocenters. The number of aromatic nitrogens is 1. The van der Waals surface area contributed by atoms with Gasteiger partial charge in [-0.3, -0.25) is 9.78 Å². The fraction of sp³-hybridized carbons (Fsp3) is 0.455. The molecule has 2 heterocycles. The van der Waals surface area contributed by atoms with Crippen LogP contribution in [0.15, 0.2) is 48.8 Å². The van der Waals surface area contributed by atoms with Crippen molar-refractivity contribution >= 4 is 30.7 Å². The van der Waals surface area contributed by atoms with Gasteiger partial charge in [-0.15, -0.1) is 24.8 Å². The number of fused-ring (bicyclic) bond motifs is 2. The van der Waals surface area contributed by atoms with Crippen LogP contribution in [0.4, 0.5) is 0 Å². The number of aryl methyl sites for hydroxylation is 1. The second-order valence-corrected chi connectivity index (χ2v) is 7.56. The van der Waals surface area contributed by atoms with Gasteiger partial charge >= 0.3 is 0 Å². The highest BCUT2D eigenvalue weighted by Gasteiger charge is 2.53. The van der Waals surface area contributed by atoms with E-state index in [1.807, 2.05) is 18.3 Å². The van der Waals surface area contributed by atoms with Crippen molar-refractivity contribution in [1.82, 2.24) is 15.6 Å². The fourth-order valence-corrected chi connectivity index (χ4v) is 4.85. The summed E-state index contributed by atoms with van der Waals surface area (Å²) < 4.78 is 6.01. The van der Waals surface area contributed by atoms with Crippen molar-refractivity contribution in [3.05, 3.63) is 65.5 Å². The minimum absolute atomic E-state index is 0. The smallest absolute Gasteiger partial charge is 0.220 e. The lowest BCUT2D eigenvalue weighted by atomic mass is 9.72. The van der Waals surface area contributed by atoms with E-state index in [1.165, 1.54) is 11.1 Å². The number of nitrogens with zero attached hydrogens (tertiary/aromatic N) is 1. The van der Waals surface area contributed by atoms with Crippen molar-refractivity contribution in [2.45, 2.75) is 43.2 Å². The monoisotopic (exact) mass is 437 g/mol. The van der Waals surface area contributed by atoms with Crippen LogP contribution < -0.4 is 10.6 Å². The number of carbonyl (C=O) groups excluding carboxylic acids is 1. The van der Waals surface area contributed by atoms with Crippen LogP contribution in [0.1, 0.15) is 42.0 Å². The van der Waals surface area contributed by atoms with E-state index < -0.39 is 0 Å². The minimum atomic E-state index is -0.0919. The van der Waals surface area contributed by atoms with E-state index in [0.717, 1.165) is 31.5 Å². The van der Waals surface area contributed by atoms with Crippen LogP contribution in [0, 0.1) is 0 Å². The number of hydrogen-bond donors (Lipinski definition) is 2. The number of carbonyl (C=O) groups is 1. The number of rotatable bonds is 5. The molecule has 1 aliphatic heterocycles. The van der Waals surface area contributed by atoms with Crippen LogP contribution in [0.3, 0.4) is 0 Å². The van der Waals surface area contributed by atoms with Crippen LogP contribution in [0.25, 0.3) is 0 Å². The molecule has 29 heavy (non-hydrogen) atoms. The summed E-state index contributed by atoms with van der Waals surface area (Å²) in [6, 6.07) is 12.3. The Morgan fingerprint density at radius 3 is 2.66 bits per heavy atom. The second kappa shape index (κ2) is 10.4. The molecule has 2 aromatic rings. The zero-order valence-electron chi connectivity index (χ0n) is 16.6. The van der Waals surface area contributed by atoms with Gasteiger partial charge in [-0.25, -0.2) is 0 Å². The number of methoxy groups -OCH3 is 1. The standard InChI is InChI=1S/C22H27N3O2.2ClH/c1-27-21-20(25-19(26)9-8-16-5-4-12-24-15-16)17-6-2-3-7-18(17)22(21)10-13-23-14-11-22;;/h2-7,12,15,20-21,23H,8-11,13-14H2,1H3,(H,25,26);2*1H/t20-,21+;;/m1../s1. The zero-order valence-corrected chi connectivity index (χ0v) is 18.2. The fourth-order valence-electron chi connectivity index (χ4n) is 4.85. The van der Waals surface area contributed by atoms with E-state index in [4.69, 9.17) is 4.74 Å². The molecular formula is C22H29Cl2N3O2. The van der Waals surface area contributed by atoms with E-state index in [1.54, 1.807) is 13.3 Å². The highest BCUT2D eigenvalue weighted by atomic mass is 35.5. The van der Waals surface area contributed by atoms with Crippen LogP contribution >= 0.6 is 24.8 Å². The van der Waals surface area contributed by atoms with Crippen LogP contribution in [0.5, 0.6) is 0 Å². The molecule has 1 aliphatic carbocycles. The summed E-state index contributed by atoms with van der Waals surface area (Å²) in [7, 11) is 1.77. The maximum absolute atomic E-state index is 12.7. The second-order valence-electron chi connectivity index (χ2n) is 7.56. The third-order valence-electron chi connectivity index (χ3n) is 6.11. The molecule has 1 aromatic heterocycles. The van der Waals surface area contributed by atoms with Gasteiger partial charge in [-0.05, 0) is 55.1 Å². The first kappa shape index (κ1) is 23.6. The summed E-state index contributed by atoms with van der Waals surface area (Å²) in [6.07, 6.45) is 6.76.